The number of allylic oxidation sites excluding steroid dienone is 2. The maximum Gasteiger partial charge on any atom is 0.303 e. The van der Waals surface area contributed by atoms with Gasteiger partial charge in [0.15, 0.2) is 18.7 Å². The van der Waals surface area contributed by atoms with Crippen molar-refractivity contribution in [1.29, 1.82) is 0 Å². The SMILES string of the molecule is CO[C@H]1C=C2[C@@H](CC[C@H](O[C@@H]3OC[C@@H](OC(C)=O)[C@H](O)[C@H]3O)C2(C)C)[C@]2(C)CC[C@]3(C)[C@@H]([C@H](C)CCC=C(C)C)[C@@H](O[C@@H]4O[C@H](COC(C)=O)[C@@H](O)[C@H](O)[C@H]4O)C[C@@]3(C)[C@H]12. The Hall–Kier alpha value is -1.98. The first kappa shape index (κ1) is 47.5. The van der Waals surface area contributed by atoms with E-state index >= 15 is 0 Å². The first-order valence-corrected chi connectivity index (χ1v) is 22.2. The van der Waals surface area contributed by atoms with Gasteiger partial charge in [0.2, 0.25) is 0 Å². The van der Waals surface area contributed by atoms with E-state index in [0.717, 1.165) is 32.1 Å². The lowest BCUT2D eigenvalue weighted by Crippen LogP contribution is -2.63. The molecule has 2 aliphatic heterocycles. The van der Waals surface area contributed by atoms with Crippen LogP contribution in [0, 0.1) is 45.3 Å². The molecule has 0 bridgehead atoms. The standard InChI is InChI=1S/C46H74O14/c1-23(2)13-12-14-24(3)34-30(58-42-39(53)37(51)35(49)32(59-42)21-55-25(4)47)20-46(10)40-29(54-11)19-28-27(44(40,8)17-18-45(34,46)9)15-16-33(43(28,6)7)60-41-38(52)36(50)31(22-56-41)57-26(5)48/h13,19,24,27,29-42,49-53H,12,14-18,20-22H2,1-11H3/t24-,27-,29+,30+,31-,32-,33+,34+,35-,36+,37+,38-,39-,40-,41+,42-,44+,45-,46+/m1/s1. The summed E-state index contributed by atoms with van der Waals surface area (Å²) < 4.78 is 42.3. The minimum Gasteiger partial charge on any atom is -0.463 e. The number of aliphatic hydroxyl groups excluding tert-OH is 5. The monoisotopic (exact) mass is 851 g/mol. The lowest BCUT2D eigenvalue weighted by molar-refractivity contribution is -0.316. The zero-order valence-electron chi connectivity index (χ0n) is 37.7. The van der Waals surface area contributed by atoms with Crippen molar-refractivity contribution in [2.75, 3.05) is 20.3 Å². The van der Waals surface area contributed by atoms with Crippen LogP contribution in [0.1, 0.15) is 114 Å². The summed E-state index contributed by atoms with van der Waals surface area (Å²) in [5.74, 6) is -0.565. The van der Waals surface area contributed by atoms with Crippen molar-refractivity contribution < 1.29 is 68.3 Å². The maximum absolute atomic E-state index is 11.7. The average Bonchev–Trinajstić information content (AvgIpc) is 3.40. The fraction of sp³-hybridized carbons (Fsp3) is 0.870. The number of carbonyl (C=O) groups is 2. The number of ether oxygens (including phenoxy) is 7. The molecule has 4 aliphatic carbocycles. The predicted molar refractivity (Wildman–Crippen MR) is 219 cm³/mol. The normalized spacial score (nSPS) is 46.5. The molecule has 0 unspecified atom stereocenters. The van der Waals surface area contributed by atoms with Crippen molar-refractivity contribution in [3.8, 4) is 0 Å². The Balaban J connectivity index is 1.31. The molecular weight excluding hydrogens is 776 g/mol. The first-order valence-electron chi connectivity index (χ1n) is 22.2. The van der Waals surface area contributed by atoms with E-state index < -0.39 is 72.7 Å². The first-order chi connectivity index (χ1) is 28.0. The minimum atomic E-state index is -1.56. The molecule has 0 radical (unpaired) electrons. The van der Waals surface area contributed by atoms with Crippen molar-refractivity contribution in [1.82, 2.24) is 0 Å². The van der Waals surface area contributed by atoms with Crippen LogP contribution in [0.3, 0.4) is 0 Å². The Morgan fingerprint density at radius 2 is 1.53 bits per heavy atom. The topological polar surface area (TPSA) is 200 Å². The van der Waals surface area contributed by atoms with Crippen molar-refractivity contribution >= 4 is 11.9 Å². The van der Waals surface area contributed by atoms with E-state index in [4.69, 9.17) is 33.2 Å². The number of hydrogen-bond donors (Lipinski definition) is 5. The van der Waals surface area contributed by atoms with Crippen molar-refractivity contribution in [2.45, 2.75) is 188 Å². The van der Waals surface area contributed by atoms with E-state index in [1.165, 1.54) is 25.0 Å². The number of hydrogen-bond acceptors (Lipinski definition) is 14. The van der Waals surface area contributed by atoms with E-state index in [-0.39, 0.29) is 71.4 Å². The fourth-order valence-corrected chi connectivity index (χ4v) is 13.1. The van der Waals surface area contributed by atoms with E-state index in [2.05, 4.69) is 67.5 Å². The molecule has 19 atom stereocenters. The summed E-state index contributed by atoms with van der Waals surface area (Å²) in [4.78, 5) is 23.2. The molecule has 3 saturated carbocycles. The van der Waals surface area contributed by atoms with E-state index in [9.17, 15) is 35.1 Å². The van der Waals surface area contributed by atoms with Crippen LogP contribution in [-0.4, -0.2) is 131 Å². The molecule has 5 fully saturated rings. The highest BCUT2D eigenvalue weighted by Gasteiger charge is 2.72. The second-order valence-corrected chi connectivity index (χ2v) is 20.5. The lowest BCUT2D eigenvalue weighted by Gasteiger charge is -2.67. The minimum absolute atomic E-state index is 0.0468. The number of esters is 2. The van der Waals surface area contributed by atoms with Gasteiger partial charge in [-0.3, -0.25) is 9.59 Å². The Kier molecular flexibility index (Phi) is 14.2. The van der Waals surface area contributed by atoms with Crippen LogP contribution in [0.2, 0.25) is 0 Å². The van der Waals surface area contributed by atoms with Gasteiger partial charge in [0.25, 0.3) is 0 Å². The molecule has 14 heteroatoms. The van der Waals surface area contributed by atoms with Gasteiger partial charge < -0.3 is 58.7 Å². The van der Waals surface area contributed by atoms with Crippen LogP contribution in [0.25, 0.3) is 0 Å². The molecule has 6 aliphatic rings. The van der Waals surface area contributed by atoms with E-state index in [0.29, 0.717) is 12.8 Å². The molecule has 14 nitrogen and oxygen atoms in total. The Morgan fingerprint density at radius 1 is 0.850 bits per heavy atom. The lowest BCUT2D eigenvalue weighted by atomic mass is 9.38. The van der Waals surface area contributed by atoms with Crippen LogP contribution in [-0.2, 0) is 42.7 Å². The second-order valence-electron chi connectivity index (χ2n) is 20.5. The van der Waals surface area contributed by atoms with Gasteiger partial charge in [0.05, 0.1) is 24.9 Å². The molecule has 0 amide bonds. The molecule has 0 aromatic heterocycles. The molecule has 2 saturated heterocycles. The highest BCUT2D eigenvalue weighted by Crippen LogP contribution is 2.75. The van der Waals surface area contributed by atoms with Gasteiger partial charge in [-0.15, -0.1) is 0 Å². The summed E-state index contributed by atoms with van der Waals surface area (Å²) in [5, 5.41) is 54.8. The van der Waals surface area contributed by atoms with Crippen LogP contribution in [0.15, 0.2) is 23.3 Å². The van der Waals surface area contributed by atoms with Gasteiger partial charge in [-0.05, 0) is 92.8 Å². The summed E-state index contributed by atoms with van der Waals surface area (Å²) >= 11 is 0. The van der Waals surface area contributed by atoms with Crippen LogP contribution >= 0.6 is 0 Å². The summed E-state index contributed by atoms with van der Waals surface area (Å²) in [5.41, 5.74) is 1.31. The number of methoxy groups -OCH3 is 1. The summed E-state index contributed by atoms with van der Waals surface area (Å²) in [6.07, 6.45) is -2.16. The molecule has 5 N–H and O–H groups in total. The third-order valence-electron chi connectivity index (χ3n) is 16.3. The van der Waals surface area contributed by atoms with Gasteiger partial charge in [0, 0.05) is 32.3 Å². The molecule has 60 heavy (non-hydrogen) atoms. The highest BCUT2D eigenvalue weighted by molar-refractivity contribution is 5.66. The quantitative estimate of drug-likeness (QED) is 0.137. The number of rotatable bonds is 12. The summed E-state index contributed by atoms with van der Waals surface area (Å²) in [6.45, 7) is 20.2. The smallest absolute Gasteiger partial charge is 0.303 e. The van der Waals surface area contributed by atoms with Crippen molar-refractivity contribution in [3.63, 3.8) is 0 Å². The van der Waals surface area contributed by atoms with Crippen molar-refractivity contribution in [3.05, 3.63) is 23.3 Å². The molecular formula is C46H74O14. The van der Waals surface area contributed by atoms with Gasteiger partial charge in [-0.25, -0.2) is 0 Å². The molecule has 2 heterocycles. The summed E-state index contributed by atoms with van der Waals surface area (Å²) in [7, 11) is 1.78. The maximum atomic E-state index is 11.7. The largest absolute Gasteiger partial charge is 0.463 e. The fourth-order valence-electron chi connectivity index (χ4n) is 13.1. The third kappa shape index (κ3) is 8.41. The Bertz CT molecular complexity index is 1610. The van der Waals surface area contributed by atoms with Crippen LogP contribution < -0.4 is 0 Å². The molecule has 0 aromatic rings. The summed E-state index contributed by atoms with van der Waals surface area (Å²) in [6, 6.07) is 0. The Morgan fingerprint density at radius 3 is 2.17 bits per heavy atom. The Labute approximate surface area is 356 Å². The third-order valence-corrected chi connectivity index (χ3v) is 16.3. The van der Waals surface area contributed by atoms with Gasteiger partial charge in [-0.2, -0.15) is 0 Å². The van der Waals surface area contributed by atoms with Gasteiger partial charge in [-0.1, -0.05) is 64.8 Å². The second kappa shape index (κ2) is 17.9. The van der Waals surface area contributed by atoms with E-state index in [1.807, 2.05) is 0 Å². The molecule has 6 rings (SSSR count). The zero-order chi connectivity index (χ0) is 44.3. The van der Waals surface area contributed by atoms with E-state index in [1.54, 1.807) is 7.11 Å². The number of carbonyl (C=O) groups excluding carboxylic acids is 2. The van der Waals surface area contributed by atoms with Crippen LogP contribution in [0.4, 0.5) is 0 Å². The van der Waals surface area contributed by atoms with Crippen LogP contribution in [0.5, 0.6) is 0 Å². The molecule has 0 aromatic carbocycles. The zero-order valence-corrected chi connectivity index (χ0v) is 37.7. The van der Waals surface area contributed by atoms with Gasteiger partial charge in [0.1, 0.15) is 43.2 Å². The molecule has 342 valence electrons. The number of fused-ring (bicyclic) bond motifs is 5. The highest BCUT2D eigenvalue weighted by atomic mass is 16.7. The van der Waals surface area contributed by atoms with Crippen molar-refractivity contribution in [2.24, 2.45) is 45.3 Å². The number of aliphatic hydroxyl groups is 5. The predicted octanol–water partition coefficient (Wildman–Crippen LogP) is 4.36. The molecule has 0 spiro atoms. The average molecular weight is 851 g/mol. The van der Waals surface area contributed by atoms with Gasteiger partial charge >= 0.3 is 11.9 Å².